The molecule has 0 saturated carbocycles. The first-order valence-electron chi connectivity index (χ1n) is 22.2. The van der Waals surface area contributed by atoms with Gasteiger partial charge in [0.05, 0.1) is 6.04 Å². The van der Waals surface area contributed by atoms with Crippen molar-refractivity contribution in [2.75, 3.05) is 19.6 Å². The maximum atomic E-state index is 14.5. The minimum atomic E-state index is -1.56. The van der Waals surface area contributed by atoms with E-state index in [4.69, 9.17) is 28.7 Å². The van der Waals surface area contributed by atoms with Crippen molar-refractivity contribution in [3.05, 3.63) is 36.0 Å². The fourth-order valence-electron chi connectivity index (χ4n) is 8.29. The first-order chi connectivity index (χ1) is 31.3. The SMILES string of the molecule is CC(C)C[C@H](N)C(=O)N1CCC[C@H]1C(=O)N1CCC[C@H]1C(=O)N[C@@H](Cc1c[nH]c2ccccc12)C(=O)N[C@@H](CCC(N)=O)C(=O)N[C@@H](CCCN=C(N)N)C(=O)N[C@@H](CCC(N)=O)C(=O)O. The smallest absolute Gasteiger partial charge is 0.326 e. The predicted molar refractivity (Wildman–Crippen MR) is 241 cm³/mol. The van der Waals surface area contributed by atoms with Gasteiger partial charge < -0.3 is 69.8 Å². The van der Waals surface area contributed by atoms with Gasteiger partial charge in [-0.1, -0.05) is 32.0 Å². The quantitative estimate of drug-likeness (QED) is 0.0283. The van der Waals surface area contributed by atoms with Crippen molar-refractivity contribution < 1.29 is 48.3 Å². The van der Waals surface area contributed by atoms with Crippen molar-refractivity contribution in [2.45, 2.75) is 133 Å². The van der Waals surface area contributed by atoms with E-state index in [9.17, 15) is 48.3 Å². The van der Waals surface area contributed by atoms with Crippen LogP contribution in [0.25, 0.3) is 10.9 Å². The minimum Gasteiger partial charge on any atom is -0.480 e. The molecule has 7 atom stereocenters. The number of nitrogens with two attached hydrogens (primary N) is 5. The number of nitrogens with zero attached hydrogens (tertiary/aromatic N) is 3. The molecule has 0 spiro atoms. The van der Waals surface area contributed by atoms with E-state index < -0.39 is 96.0 Å². The summed E-state index contributed by atoms with van der Waals surface area (Å²) >= 11 is 0. The second-order valence-corrected chi connectivity index (χ2v) is 17.2. The Bertz CT molecular complexity index is 2120. The Morgan fingerprint density at radius 1 is 0.758 bits per heavy atom. The molecule has 8 amide bonds. The number of likely N-dealkylation sites (tertiary alicyclic amines) is 2. The summed E-state index contributed by atoms with van der Waals surface area (Å²) in [6.07, 6.45) is 2.31. The van der Waals surface area contributed by atoms with Crippen LogP contribution in [0.15, 0.2) is 35.5 Å². The zero-order valence-electron chi connectivity index (χ0n) is 37.5. The van der Waals surface area contributed by atoms with E-state index >= 15 is 0 Å². The summed E-state index contributed by atoms with van der Waals surface area (Å²) in [5.41, 5.74) is 29.1. The standard InChI is InChI=1S/C43H65N13O10/c1-23(2)20-26(44)40(63)56-19-7-12-33(56)41(64)55-18-6-11-32(55)39(62)54-31(21-24-22-50-27-9-4-3-8-25(24)27)38(61)52-29(13-15-34(45)57)37(60)51-28(10-5-17-49-43(47)48)36(59)53-30(42(65)66)14-16-35(46)58/h3-4,8-9,22-23,26,28-33,50H,5-7,10-21,44H2,1-2H3,(H2,45,57)(H2,46,58)(H,51,60)(H,52,61)(H,53,59)(H,54,62)(H,65,66)(H4,47,48,49)/t26-,28-,29-,30-,31-,32-,33-/m0/s1. The van der Waals surface area contributed by atoms with Gasteiger partial charge in [-0.3, -0.25) is 43.3 Å². The van der Waals surface area contributed by atoms with Crippen LogP contribution in [0.5, 0.6) is 0 Å². The first kappa shape index (κ1) is 51.9. The van der Waals surface area contributed by atoms with E-state index in [-0.39, 0.29) is 75.8 Å². The molecule has 0 aliphatic carbocycles. The molecule has 0 unspecified atom stereocenters. The number of aromatic nitrogens is 1. The van der Waals surface area contributed by atoms with Crippen LogP contribution in [-0.2, 0) is 49.6 Å². The maximum absolute atomic E-state index is 14.5. The molecule has 2 aliphatic rings. The molecule has 3 heterocycles. The third kappa shape index (κ3) is 14.9. The van der Waals surface area contributed by atoms with E-state index in [1.807, 2.05) is 32.0 Å². The van der Waals surface area contributed by atoms with Crippen molar-refractivity contribution in [3.63, 3.8) is 0 Å². The molecule has 1 aromatic heterocycles. The van der Waals surface area contributed by atoms with Crippen molar-refractivity contribution in [3.8, 4) is 0 Å². The zero-order chi connectivity index (χ0) is 48.7. The molecule has 2 saturated heterocycles. The van der Waals surface area contributed by atoms with Crippen LogP contribution >= 0.6 is 0 Å². The van der Waals surface area contributed by atoms with Gasteiger partial charge in [0.25, 0.3) is 0 Å². The number of primary amides is 2. The second kappa shape index (κ2) is 24.5. The Morgan fingerprint density at radius 2 is 1.32 bits per heavy atom. The predicted octanol–water partition coefficient (Wildman–Crippen LogP) is -2.33. The number of fused-ring (bicyclic) bond motifs is 1. The number of carbonyl (C=O) groups excluding carboxylic acids is 8. The first-order valence-corrected chi connectivity index (χ1v) is 22.2. The summed E-state index contributed by atoms with van der Waals surface area (Å²) in [5, 5.41) is 20.7. The van der Waals surface area contributed by atoms with E-state index in [1.165, 1.54) is 9.80 Å². The monoisotopic (exact) mass is 923 g/mol. The molecule has 16 N–H and O–H groups in total. The number of nitrogens with one attached hydrogen (secondary N) is 5. The topological polar surface area (TPSA) is 387 Å². The van der Waals surface area contributed by atoms with E-state index in [2.05, 4.69) is 31.2 Å². The van der Waals surface area contributed by atoms with E-state index in [0.29, 0.717) is 37.8 Å². The maximum Gasteiger partial charge on any atom is 0.326 e. The van der Waals surface area contributed by atoms with Crippen molar-refractivity contribution >= 4 is 70.1 Å². The molecular formula is C43H65N13O10. The van der Waals surface area contributed by atoms with E-state index in [1.54, 1.807) is 12.3 Å². The number of hydrogen-bond acceptors (Lipinski definition) is 11. The van der Waals surface area contributed by atoms with Crippen molar-refractivity contribution in [1.82, 2.24) is 36.1 Å². The van der Waals surface area contributed by atoms with Gasteiger partial charge in [0.2, 0.25) is 47.3 Å². The lowest BCUT2D eigenvalue weighted by Gasteiger charge is -2.33. The second-order valence-electron chi connectivity index (χ2n) is 17.2. The van der Waals surface area contributed by atoms with Gasteiger partial charge in [-0.15, -0.1) is 0 Å². The lowest BCUT2D eigenvalue weighted by Crippen LogP contribution is -2.59. The highest BCUT2D eigenvalue weighted by Gasteiger charge is 2.44. The van der Waals surface area contributed by atoms with Crippen molar-refractivity contribution in [2.24, 2.45) is 39.6 Å². The summed E-state index contributed by atoms with van der Waals surface area (Å²) in [5.74, 6) is -7.28. The highest BCUT2D eigenvalue weighted by Crippen LogP contribution is 2.27. The van der Waals surface area contributed by atoms with Gasteiger partial charge >= 0.3 is 5.97 Å². The van der Waals surface area contributed by atoms with Gasteiger partial charge in [0, 0.05) is 56.0 Å². The lowest BCUT2D eigenvalue weighted by molar-refractivity contribution is -0.147. The molecule has 66 heavy (non-hydrogen) atoms. The Kier molecular flexibility index (Phi) is 19.2. The summed E-state index contributed by atoms with van der Waals surface area (Å²) in [7, 11) is 0. The highest BCUT2D eigenvalue weighted by atomic mass is 16.4. The number of aliphatic carboxylic acids is 1. The largest absolute Gasteiger partial charge is 0.480 e. The molecule has 2 aromatic rings. The van der Waals surface area contributed by atoms with Crippen LogP contribution in [0.2, 0.25) is 0 Å². The lowest BCUT2D eigenvalue weighted by atomic mass is 10.0. The minimum absolute atomic E-state index is 0.0244. The summed E-state index contributed by atoms with van der Waals surface area (Å²) in [6, 6.07) is -1.20. The number of para-hydroxylation sites is 1. The van der Waals surface area contributed by atoms with Gasteiger partial charge in [-0.25, -0.2) is 4.79 Å². The summed E-state index contributed by atoms with van der Waals surface area (Å²) in [6.45, 7) is 4.51. The number of H-pyrrole nitrogens is 1. The van der Waals surface area contributed by atoms with Gasteiger partial charge in [0.15, 0.2) is 5.96 Å². The van der Waals surface area contributed by atoms with E-state index in [0.717, 1.165) is 10.9 Å². The third-order valence-corrected chi connectivity index (χ3v) is 11.6. The molecule has 0 bridgehead atoms. The van der Waals surface area contributed by atoms with Crippen molar-refractivity contribution in [1.29, 1.82) is 0 Å². The molecule has 2 fully saturated rings. The Hall–Kier alpha value is -6.78. The highest BCUT2D eigenvalue weighted by molar-refractivity contribution is 5.98. The Labute approximate surface area is 382 Å². The molecule has 4 rings (SSSR count). The number of benzene rings is 1. The number of carboxylic acids is 1. The summed E-state index contributed by atoms with van der Waals surface area (Å²) in [4.78, 5) is 129. The van der Waals surface area contributed by atoms with Crippen LogP contribution < -0.4 is 49.9 Å². The molecule has 2 aliphatic heterocycles. The molecule has 23 heteroatoms. The van der Waals surface area contributed by atoms with Gasteiger partial charge in [-0.05, 0) is 75.3 Å². The van der Waals surface area contributed by atoms with Gasteiger partial charge in [0.1, 0.15) is 36.3 Å². The average molecular weight is 924 g/mol. The fraction of sp³-hybridized carbons (Fsp3) is 0.581. The number of hydrogen-bond donors (Lipinski definition) is 11. The number of carboxylic acid groups (broad SMARTS) is 1. The van der Waals surface area contributed by atoms with Crippen LogP contribution in [0.1, 0.15) is 90.0 Å². The summed E-state index contributed by atoms with van der Waals surface area (Å²) < 4.78 is 0. The number of carbonyl (C=O) groups is 9. The fourth-order valence-corrected chi connectivity index (χ4v) is 8.29. The molecule has 362 valence electrons. The normalized spacial score (nSPS) is 18.1. The number of rotatable bonds is 25. The molecule has 1 aromatic carbocycles. The average Bonchev–Trinajstić information content (AvgIpc) is 4.04. The Balaban J connectivity index is 1.60. The Morgan fingerprint density at radius 3 is 1.92 bits per heavy atom. The number of amides is 8. The van der Waals surface area contributed by atoms with Crippen LogP contribution in [0.4, 0.5) is 0 Å². The van der Waals surface area contributed by atoms with Crippen LogP contribution in [0, 0.1) is 5.92 Å². The number of guanidine groups is 1. The number of aromatic amines is 1. The van der Waals surface area contributed by atoms with Crippen LogP contribution in [0.3, 0.4) is 0 Å². The molecule has 23 nitrogen and oxygen atoms in total. The molecular weight excluding hydrogens is 859 g/mol. The number of aliphatic imine (C=N–C) groups is 1. The van der Waals surface area contributed by atoms with Gasteiger partial charge in [-0.2, -0.15) is 0 Å². The van der Waals surface area contributed by atoms with Crippen LogP contribution in [-0.4, -0.2) is 141 Å². The zero-order valence-corrected chi connectivity index (χ0v) is 37.5. The molecule has 0 radical (unpaired) electrons. The third-order valence-electron chi connectivity index (χ3n) is 11.6.